The molecule has 1 saturated heterocycles. The standard InChI is InChI=1S/C11H20O2.C10H20O4/c1-8(2)4-5-10-6-9(3)7-11(12)13-10;1-7(2)3-4-8(11)5-9(12)6-10(13)14/h8-10H,4-7H2,1-3H3;7-9,11-12H,3-6H2,1-2H3,(H,13,14). The van der Waals surface area contributed by atoms with Gasteiger partial charge in [-0.1, -0.05) is 34.6 Å². The zero-order valence-corrected chi connectivity index (χ0v) is 17.7. The van der Waals surface area contributed by atoms with Gasteiger partial charge in [-0.15, -0.1) is 0 Å². The molecule has 1 fully saturated rings. The van der Waals surface area contributed by atoms with Gasteiger partial charge in [0.25, 0.3) is 0 Å². The van der Waals surface area contributed by atoms with E-state index in [1.165, 1.54) is 0 Å². The SMILES string of the molecule is CC(C)CCC(O)CC(O)CC(=O)O.CC(C)CCC1CC(C)CC(=O)O1. The van der Waals surface area contributed by atoms with Crippen molar-refractivity contribution in [1.82, 2.24) is 0 Å². The molecule has 3 N–H and O–H groups in total. The summed E-state index contributed by atoms with van der Waals surface area (Å²) in [5, 5.41) is 27.0. The van der Waals surface area contributed by atoms with E-state index in [2.05, 4.69) is 34.6 Å². The van der Waals surface area contributed by atoms with Gasteiger partial charge >= 0.3 is 11.9 Å². The highest BCUT2D eigenvalue weighted by Crippen LogP contribution is 2.24. The van der Waals surface area contributed by atoms with E-state index in [0.29, 0.717) is 30.6 Å². The zero-order chi connectivity index (χ0) is 21.0. The number of hydrogen-bond donors (Lipinski definition) is 3. The first-order valence-corrected chi connectivity index (χ1v) is 10.3. The lowest BCUT2D eigenvalue weighted by Gasteiger charge is -2.27. The van der Waals surface area contributed by atoms with Crippen LogP contribution in [0.5, 0.6) is 0 Å². The van der Waals surface area contributed by atoms with Gasteiger partial charge in [-0.2, -0.15) is 0 Å². The summed E-state index contributed by atoms with van der Waals surface area (Å²) in [6.07, 6.45) is 3.89. The van der Waals surface area contributed by atoms with Gasteiger partial charge in [0, 0.05) is 6.42 Å². The number of carboxylic acids is 1. The minimum absolute atomic E-state index is 0.00694. The van der Waals surface area contributed by atoms with Crippen molar-refractivity contribution in [3.63, 3.8) is 0 Å². The van der Waals surface area contributed by atoms with Crippen molar-refractivity contribution in [3.8, 4) is 0 Å². The van der Waals surface area contributed by atoms with Crippen molar-refractivity contribution in [2.45, 2.75) is 104 Å². The Hall–Kier alpha value is -1.14. The van der Waals surface area contributed by atoms with E-state index >= 15 is 0 Å². The molecule has 1 aliphatic rings. The van der Waals surface area contributed by atoms with E-state index in [4.69, 9.17) is 9.84 Å². The van der Waals surface area contributed by atoms with E-state index in [0.717, 1.165) is 25.7 Å². The molecule has 0 spiro atoms. The van der Waals surface area contributed by atoms with Crippen LogP contribution in [-0.4, -0.2) is 45.6 Å². The summed E-state index contributed by atoms with van der Waals surface area (Å²) in [7, 11) is 0. The van der Waals surface area contributed by atoms with Crippen LogP contribution in [0, 0.1) is 17.8 Å². The number of ether oxygens (including phenoxy) is 1. The van der Waals surface area contributed by atoms with Gasteiger partial charge in [0.15, 0.2) is 0 Å². The third-order valence-electron chi connectivity index (χ3n) is 4.58. The number of aliphatic carboxylic acids is 1. The molecule has 27 heavy (non-hydrogen) atoms. The smallest absolute Gasteiger partial charge is 0.306 e. The molecule has 160 valence electrons. The average Bonchev–Trinajstić information content (AvgIpc) is 2.50. The van der Waals surface area contributed by atoms with Gasteiger partial charge in [-0.25, -0.2) is 0 Å². The van der Waals surface area contributed by atoms with Crippen LogP contribution in [0.3, 0.4) is 0 Å². The number of carboxylic acid groups (broad SMARTS) is 1. The Morgan fingerprint density at radius 1 is 1.07 bits per heavy atom. The molecule has 1 aliphatic heterocycles. The number of aliphatic hydroxyl groups is 2. The van der Waals surface area contributed by atoms with Crippen molar-refractivity contribution in [1.29, 1.82) is 0 Å². The number of hydrogen-bond acceptors (Lipinski definition) is 5. The average molecular weight is 389 g/mol. The summed E-state index contributed by atoms with van der Waals surface area (Å²) >= 11 is 0. The maximum absolute atomic E-state index is 11.1. The Kier molecular flexibility index (Phi) is 13.4. The van der Waals surface area contributed by atoms with E-state index in [9.17, 15) is 19.8 Å². The Morgan fingerprint density at radius 3 is 2.15 bits per heavy atom. The van der Waals surface area contributed by atoms with Crippen molar-refractivity contribution in [2.24, 2.45) is 17.8 Å². The van der Waals surface area contributed by atoms with Gasteiger partial charge in [0.05, 0.1) is 18.6 Å². The molecule has 6 nitrogen and oxygen atoms in total. The molecule has 0 aromatic carbocycles. The lowest BCUT2D eigenvalue weighted by molar-refractivity contribution is -0.156. The van der Waals surface area contributed by atoms with Gasteiger partial charge in [-0.05, 0) is 56.3 Å². The summed E-state index contributed by atoms with van der Waals surface area (Å²) < 4.78 is 5.27. The van der Waals surface area contributed by atoms with E-state index in [-0.39, 0.29) is 24.9 Å². The molecule has 0 amide bonds. The van der Waals surface area contributed by atoms with Crippen LogP contribution >= 0.6 is 0 Å². The molecular formula is C21H40O6. The second-order valence-electron chi connectivity index (χ2n) is 8.74. The number of rotatable bonds is 10. The van der Waals surface area contributed by atoms with Gasteiger partial charge in [0.2, 0.25) is 0 Å². The summed E-state index contributed by atoms with van der Waals surface area (Å²) in [6, 6.07) is 0. The summed E-state index contributed by atoms with van der Waals surface area (Å²) in [5.74, 6) is 0.691. The first kappa shape index (κ1) is 25.9. The summed E-state index contributed by atoms with van der Waals surface area (Å²) in [4.78, 5) is 21.3. The number of aliphatic hydroxyl groups excluding tert-OH is 2. The molecule has 0 aromatic rings. The van der Waals surface area contributed by atoms with Crippen LogP contribution < -0.4 is 0 Å². The minimum atomic E-state index is -1.03. The fraction of sp³-hybridized carbons (Fsp3) is 0.905. The Labute approximate surface area is 164 Å². The maximum atomic E-state index is 11.1. The third-order valence-corrected chi connectivity index (χ3v) is 4.58. The van der Waals surface area contributed by atoms with E-state index in [1.807, 2.05) is 0 Å². The minimum Gasteiger partial charge on any atom is -0.481 e. The van der Waals surface area contributed by atoms with Gasteiger partial charge in [0.1, 0.15) is 6.10 Å². The second kappa shape index (κ2) is 13.9. The third kappa shape index (κ3) is 15.6. The first-order valence-electron chi connectivity index (χ1n) is 10.3. The predicted molar refractivity (Wildman–Crippen MR) is 105 cm³/mol. The van der Waals surface area contributed by atoms with Crippen LogP contribution in [-0.2, 0) is 14.3 Å². The molecule has 4 unspecified atom stereocenters. The number of carbonyl (C=O) groups is 2. The highest BCUT2D eigenvalue weighted by Gasteiger charge is 2.25. The normalized spacial score (nSPS) is 22.0. The van der Waals surface area contributed by atoms with Crippen molar-refractivity contribution in [2.75, 3.05) is 0 Å². The van der Waals surface area contributed by atoms with E-state index < -0.39 is 18.2 Å². The van der Waals surface area contributed by atoms with Crippen molar-refractivity contribution < 1.29 is 29.6 Å². The summed E-state index contributed by atoms with van der Waals surface area (Å²) in [5.41, 5.74) is 0. The Balaban J connectivity index is 0.000000501. The zero-order valence-electron chi connectivity index (χ0n) is 17.7. The van der Waals surface area contributed by atoms with Gasteiger partial charge in [-0.3, -0.25) is 9.59 Å². The lowest BCUT2D eigenvalue weighted by atomic mass is 9.93. The molecule has 4 atom stereocenters. The van der Waals surface area contributed by atoms with Crippen LogP contribution in [0.15, 0.2) is 0 Å². The first-order chi connectivity index (χ1) is 12.5. The maximum Gasteiger partial charge on any atom is 0.306 e. The predicted octanol–water partition coefficient (Wildman–Crippen LogP) is 3.77. The van der Waals surface area contributed by atoms with Crippen molar-refractivity contribution in [3.05, 3.63) is 0 Å². The lowest BCUT2D eigenvalue weighted by Crippen LogP contribution is -2.28. The second-order valence-corrected chi connectivity index (χ2v) is 8.74. The molecule has 0 saturated carbocycles. The van der Waals surface area contributed by atoms with E-state index in [1.54, 1.807) is 0 Å². The highest BCUT2D eigenvalue weighted by atomic mass is 16.5. The summed E-state index contributed by atoms with van der Waals surface area (Å²) in [6.45, 7) is 10.6. The fourth-order valence-electron chi connectivity index (χ4n) is 3.04. The van der Waals surface area contributed by atoms with Gasteiger partial charge < -0.3 is 20.1 Å². The molecule has 1 heterocycles. The fourth-order valence-corrected chi connectivity index (χ4v) is 3.04. The molecule has 0 bridgehead atoms. The molecular weight excluding hydrogens is 348 g/mol. The molecule has 0 aliphatic carbocycles. The highest BCUT2D eigenvalue weighted by molar-refractivity contribution is 5.70. The van der Waals surface area contributed by atoms with Crippen LogP contribution in [0.25, 0.3) is 0 Å². The topological polar surface area (TPSA) is 104 Å². The quantitative estimate of drug-likeness (QED) is 0.492. The monoisotopic (exact) mass is 388 g/mol. The number of esters is 1. The van der Waals surface area contributed by atoms with Crippen LogP contribution in [0.1, 0.15) is 86.0 Å². The molecule has 6 heteroatoms. The van der Waals surface area contributed by atoms with Crippen LogP contribution in [0.4, 0.5) is 0 Å². The molecule has 1 rings (SSSR count). The number of carbonyl (C=O) groups excluding carboxylic acids is 1. The molecule has 0 aromatic heterocycles. The number of cyclic esters (lactones) is 1. The molecule has 0 radical (unpaired) electrons. The largest absolute Gasteiger partial charge is 0.481 e. The Bertz CT molecular complexity index is 421. The Morgan fingerprint density at radius 2 is 1.67 bits per heavy atom. The van der Waals surface area contributed by atoms with Crippen LogP contribution in [0.2, 0.25) is 0 Å². The van der Waals surface area contributed by atoms with Crippen molar-refractivity contribution >= 4 is 11.9 Å².